The van der Waals surface area contributed by atoms with Crippen molar-refractivity contribution in [3.8, 4) is 0 Å². The van der Waals surface area contributed by atoms with E-state index in [1.54, 1.807) is 0 Å². The van der Waals surface area contributed by atoms with Crippen LogP contribution in [0.15, 0.2) is 24.3 Å². The summed E-state index contributed by atoms with van der Waals surface area (Å²) in [5, 5.41) is 0. The molecule has 16 heavy (non-hydrogen) atoms. The van der Waals surface area contributed by atoms with E-state index >= 15 is 0 Å². The van der Waals surface area contributed by atoms with Crippen molar-refractivity contribution in [1.29, 1.82) is 0 Å². The van der Waals surface area contributed by atoms with Crippen LogP contribution >= 0.6 is 0 Å². The van der Waals surface area contributed by atoms with Gasteiger partial charge in [-0.05, 0) is 42.9 Å². The first-order valence-corrected chi connectivity index (χ1v) is 6.19. The van der Waals surface area contributed by atoms with Gasteiger partial charge in [0, 0.05) is 13.1 Å². The third-order valence-electron chi connectivity index (χ3n) is 3.49. The Bertz CT molecular complexity index is 354. The van der Waals surface area contributed by atoms with Crippen LogP contribution in [0.5, 0.6) is 0 Å². The highest BCUT2D eigenvalue weighted by atomic mass is 15.1. The molecule has 2 rings (SSSR count). The molecule has 1 aliphatic heterocycles. The van der Waals surface area contributed by atoms with Crippen LogP contribution in [-0.4, -0.2) is 18.0 Å². The molecular weight excluding hydrogens is 194 g/mol. The van der Waals surface area contributed by atoms with Crippen LogP contribution in [0.1, 0.15) is 37.8 Å². The molecule has 1 aromatic rings. The lowest BCUT2D eigenvalue weighted by atomic mass is 9.84. The Kier molecular flexibility index (Phi) is 3.34. The third-order valence-corrected chi connectivity index (χ3v) is 3.49. The zero-order valence-electron chi connectivity index (χ0n) is 10.5. The molecule has 0 aliphatic carbocycles. The van der Waals surface area contributed by atoms with Crippen molar-refractivity contribution in [3.05, 3.63) is 42.3 Å². The quantitative estimate of drug-likeness (QED) is 0.731. The largest absolute Gasteiger partial charge is 0.299 e. The lowest BCUT2D eigenvalue weighted by Gasteiger charge is -2.38. The standard InChI is InChI=1S/C15H22N/c1-13-7-4-5-8-14(13)11-16-10-6-9-15(2,3)12-16/h4-5,7-8H,1,6,9-12H2,2-3H3. The van der Waals surface area contributed by atoms with Crippen LogP contribution < -0.4 is 0 Å². The predicted octanol–water partition coefficient (Wildman–Crippen LogP) is 3.49. The minimum absolute atomic E-state index is 0.481. The lowest BCUT2D eigenvalue weighted by Crippen LogP contribution is -2.39. The van der Waals surface area contributed by atoms with Crippen molar-refractivity contribution in [2.45, 2.75) is 33.2 Å². The molecule has 1 heteroatoms. The van der Waals surface area contributed by atoms with Crippen LogP contribution in [0.3, 0.4) is 0 Å². The fourth-order valence-electron chi connectivity index (χ4n) is 2.63. The summed E-state index contributed by atoms with van der Waals surface area (Å²) >= 11 is 0. The molecule has 1 nitrogen and oxygen atoms in total. The molecule has 0 atom stereocenters. The molecule has 0 amide bonds. The topological polar surface area (TPSA) is 3.24 Å². The van der Waals surface area contributed by atoms with E-state index in [4.69, 9.17) is 0 Å². The van der Waals surface area contributed by atoms with Gasteiger partial charge in [-0.25, -0.2) is 0 Å². The fourth-order valence-corrected chi connectivity index (χ4v) is 2.63. The zero-order chi connectivity index (χ0) is 11.6. The van der Waals surface area contributed by atoms with Crippen LogP contribution in [0.4, 0.5) is 0 Å². The fraction of sp³-hybridized carbons (Fsp3) is 0.533. The molecule has 1 aromatic carbocycles. The molecular formula is C15H22N. The van der Waals surface area contributed by atoms with Crippen LogP contribution in [0.25, 0.3) is 0 Å². The number of rotatable bonds is 2. The first-order valence-electron chi connectivity index (χ1n) is 6.19. The summed E-state index contributed by atoms with van der Waals surface area (Å²) in [4.78, 5) is 2.56. The number of benzene rings is 1. The second-order valence-electron chi connectivity index (χ2n) is 5.75. The second-order valence-corrected chi connectivity index (χ2v) is 5.75. The average Bonchev–Trinajstić information content (AvgIpc) is 2.20. The van der Waals surface area contributed by atoms with Gasteiger partial charge in [0.25, 0.3) is 0 Å². The van der Waals surface area contributed by atoms with Crippen molar-refractivity contribution in [3.63, 3.8) is 0 Å². The number of piperidine rings is 1. The number of likely N-dealkylation sites (tertiary alicyclic amines) is 1. The van der Waals surface area contributed by atoms with E-state index in [1.165, 1.54) is 37.1 Å². The van der Waals surface area contributed by atoms with Gasteiger partial charge in [-0.2, -0.15) is 0 Å². The summed E-state index contributed by atoms with van der Waals surface area (Å²) in [6.07, 6.45) is 2.68. The highest BCUT2D eigenvalue weighted by molar-refractivity contribution is 5.29. The van der Waals surface area contributed by atoms with E-state index < -0.39 is 0 Å². The Morgan fingerprint density at radius 2 is 2.06 bits per heavy atom. The molecule has 87 valence electrons. The number of nitrogens with zero attached hydrogens (tertiary/aromatic N) is 1. The molecule has 0 spiro atoms. The molecule has 0 unspecified atom stereocenters. The summed E-state index contributed by atoms with van der Waals surface area (Å²) in [5.74, 6) is 0. The monoisotopic (exact) mass is 216 g/mol. The molecule has 0 aromatic heterocycles. The van der Waals surface area contributed by atoms with Crippen molar-refractivity contribution in [1.82, 2.24) is 4.90 Å². The number of hydrogen-bond donors (Lipinski definition) is 0. The van der Waals surface area contributed by atoms with Gasteiger partial charge in [-0.1, -0.05) is 38.1 Å². The van der Waals surface area contributed by atoms with Gasteiger partial charge in [-0.15, -0.1) is 0 Å². The lowest BCUT2D eigenvalue weighted by molar-refractivity contribution is 0.111. The zero-order valence-corrected chi connectivity index (χ0v) is 10.5. The summed E-state index contributed by atoms with van der Waals surface area (Å²) in [5.41, 5.74) is 3.03. The molecule has 0 N–H and O–H groups in total. The predicted molar refractivity (Wildman–Crippen MR) is 69.2 cm³/mol. The SMILES string of the molecule is [CH2]c1ccccc1CN1CCCC(C)(C)C1. The smallest absolute Gasteiger partial charge is 0.0236 e. The maximum absolute atomic E-state index is 4.10. The van der Waals surface area contributed by atoms with Crippen molar-refractivity contribution < 1.29 is 0 Å². The van der Waals surface area contributed by atoms with E-state index in [0.717, 1.165) is 6.54 Å². The Morgan fingerprint density at radius 1 is 1.31 bits per heavy atom. The van der Waals surface area contributed by atoms with Crippen molar-refractivity contribution in [2.24, 2.45) is 5.41 Å². The number of hydrogen-bond acceptors (Lipinski definition) is 1. The second kappa shape index (κ2) is 4.58. The Labute approximate surface area is 99.5 Å². The maximum atomic E-state index is 4.10. The summed E-state index contributed by atoms with van der Waals surface area (Å²) < 4.78 is 0. The van der Waals surface area contributed by atoms with Crippen LogP contribution in [0.2, 0.25) is 0 Å². The van der Waals surface area contributed by atoms with E-state index in [2.05, 4.69) is 49.9 Å². The molecule has 1 saturated heterocycles. The first kappa shape index (κ1) is 11.7. The summed E-state index contributed by atoms with van der Waals surface area (Å²) in [6.45, 7) is 12.3. The molecule has 1 heterocycles. The van der Waals surface area contributed by atoms with Crippen LogP contribution in [0, 0.1) is 12.3 Å². The normalized spacial score (nSPS) is 20.9. The van der Waals surface area contributed by atoms with E-state index in [-0.39, 0.29) is 0 Å². The molecule has 1 fully saturated rings. The Hall–Kier alpha value is -0.820. The van der Waals surface area contributed by atoms with Crippen molar-refractivity contribution >= 4 is 0 Å². The van der Waals surface area contributed by atoms with Crippen LogP contribution in [-0.2, 0) is 6.54 Å². The van der Waals surface area contributed by atoms with Crippen molar-refractivity contribution in [2.75, 3.05) is 13.1 Å². The van der Waals surface area contributed by atoms with E-state index in [0.29, 0.717) is 5.41 Å². The van der Waals surface area contributed by atoms with Gasteiger partial charge < -0.3 is 0 Å². The Morgan fingerprint density at radius 3 is 2.75 bits per heavy atom. The Balaban J connectivity index is 2.02. The van der Waals surface area contributed by atoms with Gasteiger partial charge in [0.1, 0.15) is 0 Å². The van der Waals surface area contributed by atoms with E-state index in [9.17, 15) is 0 Å². The maximum Gasteiger partial charge on any atom is 0.0236 e. The van der Waals surface area contributed by atoms with Gasteiger partial charge in [0.05, 0.1) is 0 Å². The molecule has 0 bridgehead atoms. The summed E-state index contributed by atoms with van der Waals surface area (Å²) in [7, 11) is 0. The molecule has 0 saturated carbocycles. The molecule has 1 aliphatic rings. The summed E-state index contributed by atoms with van der Waals surface area (Å²) in [6, 6.07) is 8.47. The first-order chi connectivity index (χ1) is 7.57. The highest BCUT2D eigenvalue weighted by Crippen LogP contribution is 2.29. The minimum Gasteiger partial charge on any atom is -0.299 e. The molecule has 1 radical (unpaired) electrons. The van der Waals surface area contributed by atoms with Gasteiger partial charge in [0.2, 0.25) is 0 Å². The average molecular weight is 216 g/mol. The van der Waals surface area contributed by atoms with Gasteiger partial charge in [0.15, 0.2) is 0 Å². The van der Waals surface area contributed by atoms with E-state index in [1.807, 2.05) is 0 Å². The minimum atomic E-state index is 0.481. The third kappa shape index (κ3) is 2.85. The highest BCUT2D eigenvalue weighted by Gasteiger charge is 2.26. The van der Waals surface area contributed by atoms with Gasteiger partial charge >= 0.3 is 0 Å². The van der Waals surface area contributed by atoms with Gasteiger partial charge in [-0.3, -0.25) is 4.90 Å².